The van der Waals surface area contributed by atoms with Gasteiger partial charge in [-0.15, -0.1) is 0 Å². The van der Waals surface area contributed by atoms with Crippen LogP contribution in [-0.4, -0.2) is 15.7 Å². The van der Waals surface area contributed by atoms with Crippen molar-refractivity contribution < 1.29 is 9.84 Å². The Balaban J connectivity index is 3.13. The molecule has 1 rings (SSSR count). The Morgan fingerprint density at radius 3 is 2.22 bits per heavy atom. The Morgan fingerprint density at radius 2 is 1.78 bits per heavy atom. The second-order valence-corrected chi connectivity index (χ2v) is 6.32. The number of nitrogens with zero attached hydrogens (tertiary/aromatic N) is 1. The number of hydrogen-bond donors (Lipinski definition) is 1. The Bertz CT molecular complexity index is 405. The largest absolute Gasteiger partial charge is 0.472 e. The Kier molecular flexibility index (Phi) is 4.38. The summed E-state index contributed by atoms with van der Waals surface area (Å²) in [6.07, 6.45) is 0.906. The molecule has 0 aliphatic carbocycles. The zero-order valence-corrected chi connectivity index (χ0v) is 12.4. The van der Waals surface area contributed by atoms with Crippen LogP contribution < -0.4 is 4.74 Å². The molecule has 0 spiro atoms. The van der Waals surface area contributed by atoms with E-state index in [1.54, 1.807) is 0 Å². The maximum atomic E-state index is 9.32. The lowest BCUT2D eigenvalue weighted by atomic mass is 9.91. The molecule has 1 N–H and O–H groups in total. The van der Waals surface area contributed by atoms with Gasteiger partial charge in [0.05, 0.1) is 12.3 Å². The highest BCUT2D eigenvalue weighted by Gasteiger charge is 2.21. The molecule has 0 saturated heterocycles. The molecular weight excluding hydrogens is 226 g/mol. The maximum Gasteiger partial charge on any atom is 0.214 e. The summed E-state index contributed by atoms with van der Waals surface area (Å²) in [5.41, 5.74) is 1.49. The summed E-state index contributed by atoms with van der Waals surface area (Å²) >= 11 is 0. The van der Waals surface area contributed by atoms with Crippen LogP contribution in [0.5, 0.6) is 5.88 Å². The van der Waals surface area contributed by atoms with E-state index < -0.39 is 0 Å². The van der Waals surface area contributed by atoms with Crippen molar-refractivity contribution in [3.05, 3.63) is 23.4 Å². The lowest BCUT2D eigenvalue weighted by Gasteiger charge is -2.26. The second kappa shape index (κ2) is 5.27. The van der Waals surface area contributed by atoms with Gasteiger partial charge in [0.1, 0.15) is 5.60 Å². The average Bonchev–Trinajstić information content (AvgIpc) is 2.27. The molecule has 0 atom stereocenters. The number of rotatable bonds is 4. The van der Waals surface area contributed by atoms with Crippen LogP contribution >= 0.6 is 0 Å². The lowest BCUT2D eigenvalue weighted by molar-refractivity contribution is 0.0980. The van der Waals surface area contributed by atoms with Crippen LogP contribution in [0.4, 0.5) is 0 Å². The number of aliphatic hydroxyl groups excluding tert-OH is 1. The van der Waals surface area contributed by atoms with E-state index in [2.05, 4.69) is 32.7 Å². The van der Waals surface area contributed by atoms with Gasteiger partial charge in [-0.1, -0.05) is 27.7 Å². The fourth-order valence-electron chi connectivity index (χ4n) is 1.44. The van der Waals surface area contributed by atoms with Gasteiger partial charge in [-0.3, -0.25) is 0 Å². The molecule has 102 valence electrons. The van der Waals surface area contributed by atoms with E-state index in [-0.39, 0.29) is 17.6 Å². The Morgan fingerprint density at radius 1 is 1.17 bits per heavy atom. The molecule has 0 amide bonds. The number of aliphatic hydroxyl groups is 1. The highest BCUT2D eigenvalue weighted by molar-refractivity contribution is 5.28. The van der Waals surface area contributed by atoms with Crippen molar-refractivity contribution in [2.75, 3.05) is 0 Å². The molecule has 1 heterocycles. The smallest absolute Gasteiger partial charge is 0.214 e. The summed E-state index contributed by atoms with van der Waals surface area (Å²) in [6, 6.07) is 3.75. The predicted molar refractivity (Wildman–Crippen MR) is 73.9 cm³/mol. The van der Waals surface area contributed by atoms with Crippen LogP contribution in [0.3, 0.4) is 0 Å². The first-order chi connectivity index (χ1) is 8.18. The van der Waals surface area contributed by atoms with Crippen molar-refractivity contribution >= 4 is 0 Å². The summed E-state index contributed by atoms with van der Waals surface area (Å²) in [5.74, 6) is 0.596. The molecule has 0 aromatic carbocycles. The van der Waals surface area contributed by atoms with E-state index in [0.717, 1.165) is 17.7 Å². The molecule has 0 fully saturated rings. The third kappa shape index (κ3) is 3.98. The van der Waals surface area contributed by atoms with E-state index >= 15 is 0 Å². The molecule has 0 aliphatic heterocycles. The summed E-state index contributed by atoms with van der Waals surface area (Å²) in [4.78, 5) is 4.55. The second-order valence-electron chi connectivity index (χ2n) is 6.32. The third-order valence-corrected chi connectivity index (χ3v) is 3.04. The zero-order chi connectivity index (χ0) is 14.0. The SMILES string of the molecule is CCC(C)(C)Oc1cc(CO)cc(C(C)(C)C)n1. The molecule has 0 unspecified atom stereocenters. The molecule has 1 aromatic rings. The van der Waals surface area contributed by atoms with Crippen LogP contribution in [0.15, 0.2) is 12.1 Å². The predicted octanol–water partition coefficient (Wildman–Crippen LogP) is 3.44. The van der Waals surface area contributed by atoms with Crippen molar-refractivity contribution in [1.82, 2.24) is 4.98 Å². The maximum absolute atomic E-state index is 9.32. The van der Waals surface area contributed by atoms with Gasteiger partial charge in [-0.2, -0.15) is 0 Å². The number of pyridine rings is 1. The van der Waals surface area contributed by atoms with Gasteiger partial charge in [-0.25, -0.2) is 4.98 Å². The first-order valence-corrected chi connectivity index (χ1v) is 6.49. The first kappa shape index (κ1) is 15.0. The molecule has 0 saturated carbocycles. The molecule has 0 aliphatic rings. The normalized spacial score (nSPS) is 12.6. The molecule has 0 bridgehead atoms. The molecule has 0 radical (unpaired) electrons. The van der Waals surface area contributed by atoms with Gasteiger partial charge in [-0.05, 0) is 31.9 Å². The van der Waals surface area contributed by atoms with Crippen molar-refractivity contribution in [3.8, 4) is 5.88 Å². The lowest BCUT2D eigenvalue weighted by Crippen LogP contribution is -2.28. The van der Waals surface area contributed by atoms with Gasteiger partial charge in [0.2, 0.25) is 5.88 Å². The van der Waals surface area contributed by atoms with Crippen molar-refractivity contribution in [2.24, 2.45) is 0 Å². The van der Waals surface area contributed by atoms with Crippen molar-refractivity contribution in [2.45, 2.75) is 65.6 Å². The van der Waals surface area contributed by atoms with Crippen LogP contribution in [0.1, 0.15) is 59.2 Å². The summed E-state index contributed by atoms with van der Waals surface area (Å²) in [5, 5.41) is 9.32. The van der Waals surface area contributed by atoms with E-state index in [9.17, 15) is 5.11 Å². The van der Waals surface area contributed by atoms with Gasteiger partial charge in [0.25, 0.3) is 0 Å². The quantitative estimate of drug-likeness (QED) is 0.891. The van der Waals surface area contributed by atoms with Crippen LogP contribution in [-0.2, 0) is 12.0 Å². The van der Waals surface area contributed by atoms with Gasteiger partial charge in [0, 0.05) is 11.5 Å². The molecular formula is C15H25NO2. The van der Waals surface area contributed by atoms with E-state index in [1.165, 1.54) is 0 Å². The summed E-state index contributed by atoms with van der Waals surface area (Å²) in [6.45, 7) is 12.5. The molecule has 3 heteroatoms. The van der Waals surface area contributed by atoms with Crippen LogP contribution in [0, 0.1) is 0 Å². The van der Waals surface area contributed by atoms with Gasteiger partial charge < -0.3 is 9.84 Å². The summed E-state index contributed by atoms with van der Waals surface area (Å²) in [7, 11) is 0. The summed E-state index contributed by atoms with van der Waals surface area (Å²) < 4.78 is 5.91. The minimum absolute atomic E-state index is 0.00845. The average molecular weight is 251 g/mol. The number of hydrogen-bond acceptors (Lipinski definition) is 3. The van der Waals surface area contributed by atoms with Crippen LogP contribution in [0.25, 0.3) is 0 Å². The van der Waals surface area contributed by atoms with E-state index in [1.807, 2.05) is 26.0 Å². The van der Waals surface area contributed by atoms with Crippen LogP contribution in [0.2, 0.25) is 0 Å². The number of ether oxygens (including phenoxy) is 1. The zero-order valence-electron chi connectivity index (χ0n) is 12.4. The van der Waals surface area contributed by atoms with Gasteiger partial charge >= 0.3 is 0 Å². The standard InChI is InChI=1S/C15H25NO2/c1-7-15(5,6)18-13-9-11(10-17)8-12(16-13)14(2,3)4/h8-9,17H,7,10H2,1-6H3. The molecule has 3 nitrogen and oxygen atoms in total. The number of aromatic nitrogens is 1. The highest BCUT2D eigenvalue weighted by atomic mass is 16.5. The monoisotopic (exact) mass is 251 g/mol. The minimum atomic E-state index is -0.240. The first-order valence-electron chi connectivity index (χ1n) is 6.49. The fraction of sp³-hybridized carbons (Fsp3) is 0.667. The van der Waals surface area contributed by atoms with Gasteiger partial charge in [0.15, 0.2) is 0 Å². The molecule has 1 aromatic heterocycles. The van der Waals surface area contributed by atoms with E-state index in [4.69, 9.17) is 4.74 Å². The Hall–Kier alpha value is -1.09. The van der Waals surface area contributed by atoms with Crippen molar-refractivity contribution in [1.29, 1.82) is 0 Å². The molecule has 18 heavy (non-hydrogen) atoms. The fourth-order valence-corrected chi connectivity index (χ4v) is 1.44. The third-order valence-electron chi connectivity index (χ3n) is 3.04. The van der Waals surface area contributed by atoms with E-state index in [0.29, 0.717) is 5.88 Å². The topological polar surface area (TPSA) is 42.4 Å². The highest BCUT2D eigenvalue weighted by Crippen LogP contribution is 2.26. The van der Waals surface area contributed by atoms with Crippen molar-refractivity contribution in [3.63, 3.8) is 0 Å². The Labute approximate surface area is 110 Å². The minimum Gasteiger partial charge on any atom is -0.472 e.